The summed E-state index contributed by atoms with van der Waals surface area (Å²) in [6.45, 7) is 1.69. The van der Waals surface area contributed by atoms with Gasteiger partial charge in [0.1, 0.15) is 12.4 Å². The van der Waals surface area contributed by atoms with Crippen LogP contribution in [0.3, 0.4) is 0 Å². The van der Waals surface area contributed by atoms with Gasteiger partial charge in [0.25, 0.3) is 0 Å². The molecule has 4 heteroatoms. The number of nitrogens with one attached hydrogen (secondary N) is 1. The van der Waals surface area contributed by atoms with E-state index in [2.05, 4.69) is 5.32 Å². The lowest BCUT2D eigenvalue weighted by molar-refractivity contribution is 0.323. The third kappa shape index (κ3) is 2.19. The van der Waals surface area contributed by atoms with E-state index in [1.54, 1.807) is 0 Å². The SMILES string of the molecule is Cl.Cl.c1ccc2c(c1)NCCO2. The molecule has 0 fully saturated rings. The molecule has 0 saturated heterocycles. The van der Waals surface area contributed by atoms with Gasteiger partial charge in [-0.05, 0) is 12.1 Å². The zero-order valence-electron chi connectivity index (χ0n) is 6.45. The molecule has 1 heterocycles. The average molecular weight is 208 g/mol. The third-order valence-corrected chi connectivity index (χ3v) is 1.56. The maximum absolute atomic E-state index is 5.36. The highest BCUT2D eigenvalue weighted by Crippen LogP contribution is 2.25. The molecule has 0 aromatic heterocycles. The maximum atomic E-state index is 5.36. The second-order valence-electron chi connectivity index (χ2n) is 2.27. The lowest BCUT2D eigenvalue weighted by atomic mass is 10.3. The summed E-state index contributed by atoms with van der Waals surface area (Å²) < 4.78 is 5.36. The van der Waals surface area contributed by atoms with E-state index in [-0.39, 0.29) is 24.8 Å². The average Bonchev–Trinajstić information content (AvgIpc) is 2.05. The van der Waals surface area contributed by atoms with Crippen LogP contribution in [0.15, 0.2) is 24.3 Å². The Hall–Kier alpha value is -0.600. The van der Waals surface area contributed by atoms with Crippen molar-refractivity contribution in [3.05, 3.63) is 24.3 Å². The van der Waals surface area contributed by atoms with Gasteiger partial charge >= 0.3 is 0 Å². The number of ether oxygens (including phenoxy) is 1. The van der Waals surface area contributed by atoms with Crippen LogP contribution in [0.4, 0.5) is 5.69 Å². The first-order valence-electron chi connectivity index (χ1n) is 3.42. The van der Waals surface area contributed by atoms with Crippen LogP contribution in [-0.2, 0) is 0 Å². The number of anilines is 1. The van der Waals surface area contributed by atoms with Crippen molar-refractivity contribution in [2.75, 3.05) is 18.5 Å². The maximum Gasteiger partial charge on any atom is 0.142 e. The Kier molecular flexibility index (Phi) is 4.86. The second-order valence-corrected chi connectivity index (χ2v) is 2.27. The first-order chi connectivity index (χ1) is 4.97. The van der Waals surface area contributed by atoms with Crippen LogP contribution < -0.4 is 10.1 Å². The molecule has 0 atom stereocenters. The molecular formula is C8H11Cl2NO. The summed E-state index contributed by atoms with van der Waals surface area (Å²) in [7, 11) is 0. The van der Waals surface area contributed by atoms with Gasteiger partial charge in [0.15, 0.2) is 0 Å². The quantitative estimate of drug-likeness (QED) is 0.706. The number of hydrogen-bond acceptors (Lipinski definition) is 2. The van der Waals surface area contributed by atoms with E-state index < -0.39 is 0 Å². The summed E-state index contributed by atoms with van der Waals surface area (Å²) in [6, 6.07) is 7.97. The molecule has 2 nitrogen and oxygen atoms in total. The van der Waals surface area contributed by atoms with Gasteiger partial charge < -0.3 is 10.1 Å². The summed E-state index contributed by atoms with van der Waals surface area (Å²) in [5.74, 6) is 0.966. The monoisotopic (exact) mass is 207 g/mol. The minimum atomic E-state index is 0. The van der Waals surface area contributed by atoms with Crippen LogP contribution in [0, 0.1) is 0 Å². The molecule has 0 saturated carbocycles. The van der Waals surface area contributed by atoms with Crippen LogP contribution >= 0.6 is 24.8 Å². The van der Waals surface area contributed by atoms with Crippen molar-refractivity contribution in [1.29, 1.82) is 0 Å². The largest absolute Gasteiger partial charge is 0.490 e. The molecule has 1 aliphatic rings. The smallest absolute Gasteiger partial charge is 0.142 e. The topological polar surface area (TPSA) is 21.3 Å². The van der Waals surface area contributed by atoms with Gasteiger partial charge in [-0.1, -0.05) is 12.1 Å². The van der Waals surface area contributed by atoms with Crippen molar-refractivity contribution in [3.8, 4) is 5.75 Å². The van der Waals surface area contributed by atoms with E-state index in [4.69, 9.17) is 4.74 Å². The predicted octanol–water partition coefficient (Wildman–Crippen LogP) is 2.33. The molecule has 0 bridgehead atoms. The number of halogens is 2. The molecule has 0 amide bonds. The molecule has 1 aromatic carbocycles. The molecule has 1 aliphatic heterocycles. The van der Waals surface area contributed by atoms with Crippen LogP contribution in [0.25, 0.3) is 0 Å². The molecule has 68 valence electrons. The minimum Gasteiger partial charge on any atom is -0.490 e. The summed E-state index contributed by atoms with van der Waals surface area (Å²) in [5.41, 5.74) is 1.11. The van der Waals surface area contributed by atoms with Crippen molar-refractivity contribution in [2.45, 2.75) is 0 Å². The predicted molar refractivity (Wildman–Crippen MR) is 54.9 cm³/mol. The van der Waals surface area contributed by atoms with Gasteiger partial charge in [-0.2, -0.15) is 0 Å². The summed E-state index contributed by atoms with van der Waals surface area (Å²) in [6.07, 6.45) is 0. The van der Waals surface area contributed by atoms with E-state index in [1.807, 2.05) is 24.3 Å². The van der Waals surface area contributed by atoms with E-state index in [0.29, 0.717) is 0 Å². The summed E-state index contributed by atoms with van der Waals surface area (Å²) in [4.78, 5) is 0. The molecule has 0 radical (unpaired) electrons. The Balaban J connectivity index is 0.000000605. The fourth-order valence-electron chi connectivity index (χ4n) is 1.09. The fraction of sp³-hybridized carbons (Fsp3) is 0.250. The van der Waals surface area contributed by atoms with Gasteiger partial charge in [0, 0.05) is 6.54 Å². The molecule has 0 aliphatic carbocycles. The van der Waals surface area contributed by atoms with Gasteiger partial charge in [0.2, 0.25) is 0 Å². The molecular weight excluding hydrogens is 197 g/mol. The first kappa shape index (κ1) is 11.4. The summed E-state index contributed by atoms with van der Waals surface area (Å²) in [5, 5.41) is 3.24. The highest BCUT2D eigenvalue weighted by Gasteiger charge is 2.05. The summed E-state index contributed by atoms with van der Waals surface area (Å²) >= 11 is 0. The lowest BCUT2D eigenvalue weighted by Crippen LogP contribution is -2.17. The third-order valence-electron chi connectivity index (χ3n) is 1.56. The number of para-hydroxylation sites is 2. The van der Waals surface area contributed by atoms with Crippen LogP contribution in [-0.4, -0.2) is 13.2 Å². The zero-order valence-corrected chi connectivity index (χ0v) is 8.08. The van der Waals surface area contributed by atoms with Gasteiger partial charge in [-0.25, -0.2) is 0 Å². The minimum absolute atomic E-state index is 0. The standard InChI is InChI=1S/C8H9NO.2ClH/c1-2-4-8-7(3-1)9-5-6-10-8;;/h1-4,9H,5-6H2;2*1H. The van der Waals surface area contributed by atoms with Crippen molar-refractivity contribution >= 4 is 30.5 Å². The Labute approximate surface area is 84.1 Å². The Bertz CT molecular complexity index is 217. The van der Waals surface area contributed by atoms with Gasteiger partial charge in [0.05, 0.1) is 5.69 Å². The molecule has 1 aromatic rings. The fourth-order valence-corrected chi connectivity index (χ4v) is 1.09. The van der Waals surface area contributed by atoms with Crippen LogP contribution in [0.2, 0.25) is 0 Å². The second kappa shape index (κ2) is 5.12. The number of hydrogen-bond donors (Lipinski definition) is 1. The molecule has 0 spiro atoms. The van der Waals surface area contributed by atoms with Gasteiger partial charge in [-0.15, -0.1) is 24.8 Å². The number of rotatable bonds is 0. The molecule has 0 unspecified atom stereocenters. The van der Waals surface area contributed by atoms with Crippen molar-refractivity contribution in [2.24, 2.45) is 0 Å². The first-order valence-corrected chi connectivity index (χ1v) is 3.42. The van der Waals surface area contributed by atoms with Crippen LogP contribution in [0.1, 0.15) is 0 Å². The Morgan fingerprint density at radius 3 is 2.67 bits per heavy atom. The molecule has 12 heavy (non-hydrogen) atoms. The van der Waals surface area contributed by atoms with Crippen LogP contribution in [0.5, 0.6) is 5.75 Å². The highest BCUT2D eigenvalue weighted by molar-refractivity contribution is 5.85. The van der Waals surface area contributed by atoms with E-state index >= 15 is 0 Å². The van der Waals surface area contributed by atoms with Gasteiger partial charge in [-0.3, -0.25) is 0 Å². The molecule has 1 N–H and O–H groups in total. The normalized spacial score (nSPS) is 12.3. The van der Waals surface area contributed by atoms with E-state index in [0.717, 1.165) is 24.6 Å². The van der Waals surface area contributed by atoms with Crippen molar-refractivity contribution in [1.82, 2.24) is 0 Å². The lowest BCUT2D eigenvalue weighted by Gasteiger charge is -2.17. The number of benzene rings is 1. The van der Waals surface area contributed by atoms with Crippen molar-refractivity contribution < 1.29 is 4.74 Å². The van der Waals surface area contributed by atoms with E-state index in [9.17, 15) is 0 Å². The van der Waals surface area contributed by atoms with E-state index in [1.165, 1.54) is 0 Å². The Morgan fingerprint density at radius 1 is 1.17 bits per heavy atom. The molecule has 2 rings (SSSR count). The Morgan fingerprint density at radius 2 is 1.92 bits per heavy atom. The number of fused-ring (bicyclic) bond motifs is 1. The van der Waals surface area contributed by atoms with Crippen molar-refractivity contribution in [3.63, 3.8) is 0 Å². The zero-order chi connectivity index (χ0) is 6.81. The highest BCUT2D eigenvalue weighted by atomic mass is 35.5.